The minimum Gasteiger partial charge on any atom is -0.454 e. The maximum atomic E-state index is 12.7. The number of fused-ring (bicyclic) bond motifs is 1. The Labute approximate surface area is 181 Å². The first-order valence-electron chi connectivity index (χ1n) is 9.60. The average Bonchev–Trinajstić information content (AvgIpc) is 3.27. The van der Waals surface area contributed by atoms with Gasteiger partial charge in [0.15, 0.2) is 18.1 Å². The van der Waals surface area contributed by atoms with Crippen LogP contribution in [0, 0.1) is 0 Å². The van der Waals surface area contributed by atoms with Crippen molar-refractivity contribution >= 4 is 17.6 Å². The molecule has 0 atom stereocenters. The molecule has 0 saturated heterocycles. The smallest absolute Gasteiger partial charge is 0.338 e. The summed E-state index contributed by atoms with van der Waals surface area (Å²) in [7, 11) is 1.25. The standard InChI is InChI=1S/C22H19N3O7/c1-24-20(27)18(19(23)25(22(24)29)10-13-5-3-2-4-6-13)15(26)11-30-21(28)14-7-8-16-17(9-14)32-12-31-16/h2-9H,10-12,23H2,1H3. The van der Waals surface area contributed by atoms with E-state index in [4.69, 9.17) is 19.9 Å². The molecule has 164 valence electrons. The van der Waals surface area contributed by atoms with Crippen LogP contribution in [-0.2, 0) is 18.3 Å². The van der Waals surface area contributed by atoms with Crippen LogP contribution in [0.2, 0.25) is 0 Å². The Morgan fingerprint density at radius 2 is 1.78 bits per heavy atom. The molecule has 2 aromatic carbocycles. The number of hydrogen-bond donors (Lipinski definition) is 1. The number of carbonyl (C=O) groups excluding carboxylic acids is 2. The summed E-state index contributed by atoms with van der Waals surface area (Å²) >= 11 is 0. The number of benzene rings is 2. The van der Waals surface area contributed by atoms with Crippen molar-refractivity contribution in [3.63, 3.8) is 0 Å². The second-order valence-electron chi connectivity index (χ2n) is 7.05. The van der Waals surface area contributed by atoms with Gasteiger partial charge in [0.1, 0.15) is 11.4 Å². The summed E-state index contributed by atoms with van der Waals surface area (Å²) in [5.74, 6) is -1.01. The molecule has 1 aliphatic rings. The Morgan fingerprint density at radius 3 is 2.53 bits per heavy atom. The quantitative estimate of drug-likeness (QED) is 0.445. The zero-order valence-corrected chi connectivity index (χ0v) is 17.1. The summed E-state index contributed by atoms with van der Waals surface area (Å²) in [4.78, 5) is 50.2. The van der Waals surface area contributed by atoms with E-state index >= 15 is 0 Å². The monoisotopic (exact) mass is 437 g/mol. The van der Waals surface area contributed by atoms with Crippen molar-refractivity contribution in [3.05, 3.63) is 86.1 Å². The summed E-state index contributed by atoms with van der Waals surface area (Å²) in [6.45, 7) is -0.610. The van der Waals surface area contributed by atoms with E-state index in [0.717, 1.165) is 14.7 Å². The highest BCUT2D eigenvalue weighted by molar-refractivity contribution is 6.02. The number of hydrogen-bond acceptors (Lipinski definition) is 8. The van der Waals surface area contributed by atoms with Gasteiger partial charge in [0.2, 0.25) is 12.6 Å². The van der Waals surface area contributed by atoms with Gasteiger partial charge in [-0.2, -0.15) is 0 Å². The van der Waals surface area contributed by atoms with Gasteiger partial charge < -0.3 is 19.9 Å². The molecule has 1 aromatic heterocycles. The molecule has 10 nitrogen and oxygen atoms in total. The number of esters is 1. The minimum atomic E-state index is -0.860. The van der Waals surface area contributed by atoms with E-state index in [1.165, 1.54) is 19.2 Å². The molecule has 1 aliphatic heterocycles. The van der Waals surface area contributed by atoms with Gasteiger partial charge in [-0.15, -0.1) is 0 Å². The first-order chi connectivity index (χ1) is 15.4. The van der Waals surface area contributed by atoms with E-state index in [1.807, 2.05) is 6.07 Å². The van der Waals surface area contributed by atoms with E-state index < -0.39 is 35.2 Å². The largest absolute Gasteiger partial charge is 0.454 e. The van der Waals surface area contributed by atoms with Gasteiger partial charge >= 0.3 is 11.7 Å². The van der Waals surface area contributed by atoms with E-state index in [-0.39, 0.29) is 24.7 Å². The fourth-order valence-corrected chi connectivity index (χ4v) is 3.27. The van der Waals surface area contributed by atoms with Crippen molar-refractivity contribution in [2.75, 3.05) is 19.1 Å². The lowest BCUT2D eigenvalue weighted by Gasteiger charge is -2.14. The van der Waals surface area contributed by atoms with Gasteiger partial charge in [0.05, 0.1) is 12.1 Å². The van der Waals surface area contributed by atoms with Gasteiger partial charge in [0, 0.05) is 7.05 Å². The molecule has 2 heterocycles. The Hall–Kier alpha value is -4.34. The van der Waals surface area contributed by atoms with Crippen LogP contribution in [0.3, 0.4) is 0 Å². The maximum absolute atomic E-state index is 12.7. The van der Waals surface area contributed by atoms with Crippen LogP contribution in [0.1, 0.15) is 26.3 Å². The molecule has 0 spiro atoms. The van der Waals surface area contributed by atoms with E-state index in [2.05, 4.69) is 0 Å². The van der Waals surface area contributed by atoms with Gasteiger partial charge in [-0.1, -0.05) is 30.3 Å². The van der Waals surface area contributed by atoms with Crippen molar-refractivity contribution in [2.24, 2.45) is 7.05 Å². The molecule has 2 N–H and O–H groups in total. The molecule has 32 heavy (non-hydrogen) atoms. The number of nitrogens with zero attached hydrogens (tertiary/aromatic N) is 2. The molecule has 0 aliphatic carbocycles. The zero-order chi connectivity index (χ0) is 22.8. The molecule has 0 amide bonds. The van der Waals surface area contributed by atoms with Crippen molar-refractivity contribution in [1.82, 2.24) is 9.13 Å². The zero-order valence-electron chi connectivity index (χ0n) is 17.1. The lowest BCUT2D eigenvalue weighted by atomic mass is 10.1. The van der Waals surface area contributed by atoms with Crippen LogP contribution in [0.5, 0.6) is 11.5 Å². The first-order valence-corrected chi connectivity index (χ1v) is 9.60. The molecule has 4 rings (SSSR count). The molecular weight excluding hydrogens is 418 g/mol. The fourth-order valence-electron chi connectivity index (χ4n) is 3.27. The first kappa shape index (κ1) is 20.9. The van der Waals surface area contributed by atoms with Crippen LogP contribution in [0.15, 0.2) is 58.1 Å². The third-order valence-electron chi connectivity index (χ3n) is 4.99. The topological polar surface area (TPSA) is 132 Å². The van der Waals surface area contributed by atoms with Crippen molar-refractivity contribution in [3.8, 4) is 11.5 Å². The molecular formula is C22H19N3O7. The number of ketones is 1. The summed E-state index contributed by atoms with van der Waals surface area (Å²) in [6.07, 6.45) is 0. The molecule has 10 heteroatoms. The highest BCUT2D eigenvalue weighted by atomic mass is 16.7. The van der Waals surface area contributed by atoms with Crippen LogP contribution in [0.25, 0.3) is 0 Å². The Kier molecular flexibility index (Phi) is 5.50. The minimum absolute atomic E-state index is 0.0492. The Bertz CT molecular complexity index is 1330. The second-order valence-corrected chi connectivity index (χ2v) is 7.05. The number of carbonyl (C=O) groups is 2. The molecule has 3 aromatic rings. The lowest BCUT2D eigenvalue weighted by Crippen LogP contribution is -2.43. The number of ether oxygens (including phenoxy) is 3. The van der Waals surface area contributed by atoms with Gasteiger partial charge in [0.25, 0.3) is 5.56 Å². The van der Waals surface area contributed by atoms with Crippen molar-refractivity contribution < 1.29 is 23.8 Å². The van der Waals surface area contributed by atoms with Crippen molar-refractivity contribution in [2.45, 2.75) is 6.54 Å². The third-order valence-corrected chi connectivity index (χ3v) is 4.99. The summed E-state index contributed by atoms with van der Waals surface area (Å²) in [5, 5.41) is 0. The van der Waals surface area contributed by atoms with E-state index in [9.17, 15) is 19.2 Å². The molecule has 0 bridgehead atoms. The fraction of sp³-hybridized carbons (Fsp3) is 0.182. The Balaban J connectivity index is 1.57. The van der Waals surface area contributed by atoms with E-state index in [1.54, 1.807) is 30.3 Å². The number of anilines is 1. The van der Waals surface area contributed by atoms with Crippen LogP contribution in [-0.4, -0.2) is 34.3 Å². The van der Waals surface area contributed by atoms with Crippen LogP contribution < -0.4 is 26.5 Å². The summed E-state index contributed by atoms with van der Waals surface area (Å²) in [6, 6.07) is 13.4. The SMILES string of the molecule is Cn1c(=O)c(C(=O)COC(=O)c2ccc3c(c2)OCO3)c(N)n(Cc2ccccc2)c1=O. The molecule has 0 radical (unpaired) electrons. The average molecular weight is 437 g/mol. The normalized spacial score (nSPS) is 11.9. The predicted molar refractivity (Wildman–Crippen MR) is 113 cm³/mol. The van der Waals surface area contributed by atoms with Gasteiger partial charge in [-0.25, -0.2) is 9.59 Å². The van der Waals surface area contributed by atoms with Crippen molar-refractivity contribution in [1.29, 1.82) is 0 Å². The van der Waals surface area contributed by atoms with Crippen LogP contribution >= 0.6 is 0 Å². The number of nitrogens with two attached hydrogens (primary N) is 1. The number of Topliss-reactive ketones (excluding diaryl/α,β-unsaturated/α-hetero) is 1. The number of rotatable bonds is 6. The summed E-state index contributed by atoms with van der Waals surface area (Å²) < 4.78 is 17.4. The summed E-state index contributed by atoms with van der Waals surface area (Å²) in [5.41, 5.74) is 5.01. The van der Waals surface area contributed by atoms with Crippen LogP contribution in [0.4, 0.5) is 5.82 Å². The predicted octanol–water partition coefficient (Wildman–Crippen LogP) is 0.946. The van der Waals surface area contributed by atoms with Gasteiger partial charge in [-0.05, 0) is 23.8 Å². The lowest BCUT2D eigenvalue weighted by molar-refractivity contribution is 0.0474. The molecule has 0 saturated carbocycles. The van der Waals surface area contributed by atoms with E-state index in [0.29, 0.717) is 11.5 Å². The number of nitrogen functional groups attached to an aromatic ring is 1. The number of aromatic nitrogens is 2. The highest BCUT2D eigenvalue weighted by Crippen LogP contribution is 2.32. The molecule has 0 unspecified atom stereocenters. The maximum Gasteiger partial charge on any atom is 0.338 e. The highest BCUT2D eigenvalue weighted by Gasteiger charge is 2.24. The second kappa shape index (κ2) is 8.42. The van der Waals surface area contributed by atoms with Gasteiger partial charge in [-0.3, -0.25) is 18.7 Å². The molecule has 0 fully saturated rings. The third kappa shape index (κ3) is 3.85. The Morgan fingerprint density at radius 1 is 1.06 bits per heavy atom.